The van der Waals surface area contributed by atoms with Crippen molar-refractivity contribution in [2.24, 2.45) is 0 Å². The van der Waals surface area contributed by atoms with Gasteiger partial charge in [-0.3, -0.25) is 4.79 Å². The first-order valence-corrected chi connectivity index (χ1v) is 3.86. The van der Waals surface area contributed by atoms with Gasteiger partial charge >= 0.3 is 5.82 Å². The van der Waals surface area contributed by atoms with E-state index in [-0.39, 0.29) is 17.5 Å². The van der Waals surface area contributed by atoms with Crippen molar-refractivity contribution < 1.29 is 18.5 Å². The third kappa shape index (κ3) is 2.12. The van der Waals surface area contributed by atoms with Crippen LogP contribution in [-0.2, 0) is 0 Å². The number of rotatable bonds is 3. The predicted octanol–water partition coefficient (Wildman–Crippen LogP) is 2.05. The Kier molecular flexibility index (Phi) is 3.03. The molecule has 0 radical (unpaired) electrons. The largest absolute Gasteiger partial charge is 0.364 e. The van der Waals surface area contributed by atoms with Crippen LogP contribution in [-0.4, -0.2) is 16.2 Å². The van der Waals surface area contributed by atoms with Gasteiger partial charge in [0.25, 0.3) is 6.43 Å². The molecule has 1 heterocycles. The number of carbonyl (C=O) groups excluding carboxylic acids is 1. The number of aromatic nitrogens is 1. The summed E-state index contributed by atoms with van der Waals surface area (Å²) in [5.74, 6) is -0.687. The topological polar surface area (TPSA) is 73.1 Å². The number of hydrogen-bond donors (Lipinski definition) is 0. The number of carbonyl (C=O) groups is 1. The lowest BCUT2D eigenvalue weighted by Gasteiger charge is -2.03. The van der Waals surface area contributed by atoms with Crippen LogP contribution in [0.4, 0.5) is 14.6 Å². The average Bonchev–Trinajstić information content (AvgIpc) is 2.16. The summed E-state index contributed by atoms with van der Waals surface area (Å²) in [5, 5.41) is 10.3. The van der Waals surface area contributed by atoms with Crippen LogP contribution in [0, 0.1) is 17.0 Å². The smallest absolute Gasteiger partial charge is 0.358 e. The van der Waals surface area contributed by atoms with Crippen molar-refractivity contribution in [3.8, 4) is 0 Å². The van der Waals surface area contributed by atoms with Crippen molar-refractivity contribution in [2.45, 2.75) is 13.3 Å². The zero-order valence-electron chi connectivity index (χ0n) is 7.61. The van der Waals surface area contributed by atoms with Crippen LogP contribution in [0.15, 0.2) is 6.07 Å². The van der Waals surface area contributed by atoms with E-state index in [0.717, 1.165) is 0 Å². The van der Waals surface area contributed by atoms with Crippen LogP contribution >= 0.6 is 0 Å². The predicted molar refractivity (Wildman–Crippen MR) is 46.0 cm³/mol. The van der Waals surface area contributed by atoms with Crippen molar-refractivity contribution in [1.82, 2.24) is 4.98 Å². The van der Waals surface area contributed by atoms with Gasteiger partial charge in [0.2, 0.25) is 0 Å². The summed E-state index contributed by atoms with van der Waals surface area (Å²) < 4.78 is 24.9. The van der Waals surface area contributed by atoms with E-state index in [9.17, 15) is 23.7 Å². The molecule has 0 spiro atoms. The number of hydrogen-bond acceptors (Lipinski definition) is 4. The highest BCUT2D eigenvalue weighted by atomic mass is 19.3. The lowest BCUT2D eigenvalue weighted by molar-refractivity contribution is -0.389. The molecule has 0 aliphatic heterocycles. The van der Waals surface area contributed by atoms with Gasteiger partial charge < -0.3 is 10.1 Å². The van der Waals surface area contributed by atoms with Gasteiger partial charge in [0.1, 0.15) is 0 Å². The molecule has 0 saturated heterocycles. The van der Waals surface area contributed by atoms with Crippen molar-refractivity contribution in [3.05, 3.63) is 33.0 Å². The molecular formula is C8H6F2N2O3. The Morgan fingerprint density at radius 1 is 1.60 bits per heavy atom. The maximum Gasteiger partial charge on any atom is 0.364 e. The first-order chi connectivity index (χ1) is 6.97. The molecule has 5 nitrogen and oxygen atoms in total. The molecule has 1 aromatic rings. The van der Waals surface area contributed by atoms with Gasteiger partial charge in [-0.2, -0.15) is 0 Å². The third-order valence-electron chi connectivity index (χ3n) is 1.81. The number of halogens is 2. The molecule has 80 valence electrons. The van der Waals surface area contributed by atoms with E-state index in [1.165, 1.54) is 6.92 Å². The second kappa shape index (κ2) is 4.07. The fourth-order valence-electron chi connectivity index (χ4n) is 1.12. The zero-order valence-corrected chi connectivity index (χ0v) is 7.61. The minimum absolute atomic E-state index is 0.0745. The first-order valence-electron chi connectivity index (χ1n) is 3.86. The van der Waals surface area contributed by atoms with Crippen molar-refractivity contribution in [3.63, 3.8) is 0 Å². The molecule has 1 aromatic heterocycles. The van der Waals surface area contributed by atoms with Gasteiger partial charge in [-0.15, -0.1) is 0 Å². The van der Waals surface area contributed by atoms with E-state index < -0.39 is 22.7 Å². The van der Waals surface area contributed by atoms with Crippen LogP contribution in [0.2, 0.25) is 0 Å². The van der Waals surface area contributed by atoms with Crippen LogP contribution < -0.4 is 0 Å². The minimum Gasteiger partial charge on any atom is -0.358 e. The molecule has 15 heavy (non-hydrogen) atoms. The molecule has 0 fully saturated rings. The molecule has 7 heteroatoms. The van der Waals surface area contributed by atoms with E-state index in [4.69, 9.17) is 0 Å². The SMILES string of the molecule is Cc1nc([N+](=O)[O-])cc(C(F)F)c1C=O. The second-order valence-corrected chi connectivity index (χ2v) is 2.74. The molecule has 0 aliphatic rings. The molecule has 0 aliphatic carbocycles. The molecule has 1 rings (SSSR count). The van der Waals surface area contributed by atoms with Gasteiger partial charge in [-0.05, 0) is 9.91 Å². The van der Waals surface area contributed by atoms with E-state index in [0.29, 0.717) is 6.07 Å². The molecule has 0 bridgehead atoms. The number of aryl methyl sites for hydroxylation is 1. The summed E-state index contributed by atoms with van der Waals surface area (Å²) in [7, 11) is 0. The molecule has 0 amide bonds. The van der Waals surface area contributed by atoms with Gasteiger partial charge in [0, 0.05) is 18.6 Å². The Morgan fingerprint density at radius 2 is 2.20 bits per heavy atom. The standard InChI is InChI=1S/C8H6F2N2O3/c1-4-6(3-13)5(8(9)10)2-7(11-4)12(14)15/h2-3,8H,1H3. The quantitative estimate of drug-likeness (QED) is 0.440. The van der Waals surface area contributed by atoms with E-state index in [1.807, 2.05) is 0 Å². The van der Waals surface area contributed by atoms with E-state index >= 15 is 0 Å². The second-order valence-electron chi connectivity index (χ2n) is 2.74. The number of nitrogens with zero attached hydrogens (tertiary/aromatic N) is 2. The summed E-state index contributed by atoms with van der Waals surface area (Å²) >= 11 is 0. The van der Waals surface area contributed by atoms with Gasteiger partial charge in [0.15, 0.2) is 12.0 Å². The first kappa shape index (κ1) is 11.2. The highest BCUT2D eigenvalue weighted by Crippen LogP contribution is 2.26. The van der Waals surface area contributed by atoms with E-state index in [2.05, 4.69) is 4.98 Å². The summed E-state index contributed by atoms with van der Waals surface area (Å²) in [6.07, 6.45) is -2.72. The van der Waals surface area contributed by atoms with Crippen molar-refractivity contribution in [2.75, 3.05) is 0 Å². The molecule has 0 atom stereocenters. The highest BCUT2D eigenvalue weighted by Gasteiger charge is 2.22. The molecule has 0 N–H and O–H groups in total. The fraction of sp³-hybridized carbons (Fsp3) is 0.250. The van der Waals surface area contributed by atoms with Crippen LogP contribution in [0.1, 0.15) is 28.0 Å². The Hall–Kier alpha value is -1.92. The number of pyridine rings is 1. The molecule has 0 saturated carbocycles. The number of alkyl halides is 2. The normalized spacial score (nSPS) is 10.4. The Morgan fingerprint density at radius 3 is 2.60 bits per heavy atom. The summed E-state index contributed by atoms with van der Waals surface area (Å²) in [5.41, 5.74) is -1.03. The number of nitro groups is 1. The maximum absolute atomic E-state index is 12.4. The van der Waals surface area contributed by atoms with Crippen LogP contribution in [0.3, 0.4) is 0 Å². The molecule has 0 unspecified atom stereocenters. The molecule has 0 aromatic carbocycles. The Balaban J connectivity index is 3.45. The number of aldehydes is 1. The van der Waals surface area contributed by atoms with Crippen LogP contribution in [0.25, 0.3) is 0 Å². The van der Waals surface area contributed by atoms with Crippen LogP contribution in [0.5, 0.6) is 0 Å². The van der Waals surface area contributed by atoms with E-state index in [1.54, 1.807) is 0 Å². The van der Waals surface area contributed by atoms with Gasteiger partial charge in [0.05, 0.1) is 5.56 Å². The van der Waals surface area contributed by atoms with Crippen molar-refractivity contribution in [1.29, 1.82) is 0 Å². The average molecular weight is 216 g/mol. The maximum atomic E-state index is 12.4. The monoisotopic (exact) mass is 216 g/mol. The summed E-state index contributed by atoms with van der Waals surface area (Å²) in [6.45, 7) is 1.27. The Bertz CT molecular complexity index is 421. The lowest BCUT2D eigenvalue weighted by atomic mass is 10.1. The van der Waals surface area contributed by atoms with Gasteiger partial charge in [-0.1, -0.05) is 0 Å². The lowest BCUT2D eigenvalue weighted by Crippen LogP contribution is -2.03. The highest BCUT2D eigenvalue weighted by molar-refractivity contribution is 5.79. The van der Waals surface area contributed by atoms with Gasteiger partial charge in [-0.25, -0.2) is 8.78 Å². The summed E-state index contributed by atoms with van der Waals surface area (Å²) in [6, 6.07) is 0.612. The minimum atomic E-state index is -2.94. The Labute approximate surface area is 82.9 Å². The third-order valence-corrected chi connectivity index (χ3v) is 1.81. The van der Waals surface area contributed by atoms with Crippen molar-refractivity contribution >= 4 is 12.1 Å². The zero-order chi connectivity index (χ0) is 11.6. The summed E-state index contributed by atoms with van der Waals surface area (Å²) in [4.78, 5) is 23.4. The fourth-order valence-corrected chi connectivity index (χ4v) is 1.12. The molecular weight excluding hydrogens is 210 g/mol.